The van der Waals surface area contributed by atoms with E-state index in [0.29, 0.717) is 0 Å². The van der Waals surface area contributed by atoms with Crippen LogP contribution in [0.5, 0.6) is 0 Å². The van der Waals surface area contributed by atoms with Gasteiger partial charge in [-0.2, -0.15) is 0 Å². The summed E-state index contributed by atoms with van der Waals surface area (Å²) in [4.78, 5) is 27.2. The van der Waals surface area contributed by atoms with Crippen molar-refractivity contribution < 1.29 is 19.1 Å². The fourth-order valence-corrected chi connectivity index (χ4v) is 5.60. The quantitative estimate of drug-likeness (QED) is 0.246. The van der Waals surface area contributed by atoms with Crippen LogP contribution in [0.2, 0.25) is 0 Å². The average molecular weight is 539 g/mol. The molecule has 4 heteroatoms. The molecule has 0 amide bonds. The van der Waals surface area contributed by atoms with Gasteiger partial charge >= 0.3 is 11.9 Å². The number of hydrogen-bond acceptors (Lipinski definition) is 4. The Morgan fingerprint density at radius 3 is 1.18 bits per heavy atom. The van der Waals surface area contributed by atoms with Crippen LogP contribution in [0.1, 0.15) is 150 Å². The third-order valence-electron chi connectivity index (χ3n) is 8.78. The summed E-state index contributed by atoms with van der Waals surface area (Å²) < 4.78 is 12.4. The highest BCUT2D eigenvalue weighted by atomic mass is 16.5. The van der Waals surface area contributed by atoms with Gasteiger partial charge in [0, 0.05) is 0 Å². The molecule has 0 aromatic heterocycles. The third kappa shape index (κ3) is 10.5. The van der Waals surface area contributed by atoms with E-state index in [4.69, 9.17) is 9.47 Å². The van der Waals surface area contributed by atoms with E-state index in [0.717, 1.165) is 25.7 Å². The van der Waals surface area contributed by atoms with Crippen molar-refractivity contribution in [2.75, 3.05) is 0 Å². The van der Waals surface area contributed by atoms with Crippen LogP contribution in [-0.4, -0.2) is 24.1 Å². The van der Waals surface area contributed by atoms with Crippen molar-refractivity contribution in [3.8, 4) is 0 Å². The summed E-state index contributed by atoms with van der Waals surface area (Å²) >= 11 is 0. The standard InChI is InChI=1S/C34H66O4/c1-23(2)26(38-28(36)34(18,32(14,15)16)22-30(8,9)10)24(3)19-20-25(4)37-27(35)33(17,31(11,12)13)21-29(5,6)7/h23-26H,19-22H2,1-18H3. The van der Waals surface area contributed by atoms with Gasteiger partial charge in [-0.3, -0.25) is 9.59 Å². The molecule has 0 spiro atoms. The van der Waals surface area contributed by atoms with Crippen molar-refractivity contribution in [1.29, 1.82) is 0 Å². The van der Waals surface area contributed by atoms with E-state index < -0.39 is 10.8 Å². The van der Waals surface area contributed by atoms with Crippen LogP contribution in [0.25, 0.3) is 0 Å². The van der Waals surface area contributed by atoms with Crippen molar-refractivity contribution in [2.24, 2.45) is 44.3 Å². The molecule has 5 atom stereocenters. The predicted octanol–water partition coefficient (Wildman–Crippen LogP) is 9.88. The third-order valence-corrected chi connectivity index (χ3v) is 8.78. The second kappa shape index (κ2) is 12.6. The molecule has 38 heavy (non-hydrogen) atoms. The first kappa shape index (κ1) is 36.9. The van der Waals surface area contributed by atoms with Crippen molar-refractivity contribution >= 4 is 11.9 Å². The van der Waals surface area contributed by atoms with E-state index in [1.807, 2.05) is 13.8 Å². The molecular formula is C34H66O4. The van der Waals surface area contributed by atoms with Crippen LogP contribution in [0.3, 0.4) is 0 Å². The predicted molar refractivity (Wildman–Crippen MR) is 162 cm³/mol. The van der Waals surface area contributed by atoms with Gasteiger partial charge in [0.25, 0.3) is 0 Å². The normalized spacial score (nSPS) is 19.2. The molecule has 0 aromatic carbocycles. The first-order valence-electron chi connectivity index (χ1n) is 15.0. The lowest BCUT2D eigenvalue weighted by Gasteiger charge is -2.45. The van der Waals surface area contributed by atoms with Crippen LogP contribution in [0, 0.1) is 44.3 Å². The largest absolute Gasteiger partial charge is 0.462 e. The smallest absolute Gasteiger partial charge is 0.312 e. The summed E-state index contributed by atoms with van der Waals surface area (Å²) in [6.45, 7) is 38.3. The molecule has 0 bridgehead atoms. The molecular weight excluding hydrogens is 472 g/mol. The topological polar surface area (TPSA) is 52.6 Å². The van der Waals surface area contributed by atoms with Gasteiger partial charge in [0.2, 0.25) is 0 Å². The summed E-state index contributed by atoms with van der Waals surface area (Å²) in [5, 5.41) is 0. The molecule has 0 N–H and O–H groups in total. The Kier molecular flexibility index (Phi) is 12.3. The van der Waals surface area contributed by atoms with E-state index in [1.165, 1.54) is 0 Å². The molecule has 0 saturated carbocycles. The molecule has 4 nitrogen and oxygen atoms in total. The second-order valence-electron chi connectivity index (χ2n) is 17.5. The number of esters is 2. The molecule has 0 aliphatic heterocycles. The molecule has 0 aliphatic carbocycles. The fourth-order valence-electron chi connectivity index (χ4n) is 5.60. The molecule has 0 fully saturated rings. The number of ether oxygens (including phenoxy) is 2. The minimum absolute atomic E-state index is 0.00778. The lowest BCUT2D eigenvalue weighted by molar-refractivity contribution is -0.176. The molecule has 226 valence electrons. The summed E-state index contributed by atoms with van der Waals surface area (Å²) in [6.07, 6.45) is 2.69. The number of carbonyl (C=O) groups excluding carboxylic acids is 2. The Morgan fingerprint density at radius 1 is 0.553 bits per heavy atom. The van der Waals surface area contributed by atoms with Gasteiger partial charge in [0.05, 0.1) is 16.9 Å². The zero-order valence-corrected chi connectivity index (χ0v) is 28.8. The van der Waals surface area contributed by atoms with Crippen LogP contribution >= 0.6 is 0 Å². The molecule has 0 aliphatic rings. The molecule has 0 aromatic rings. The summed E-state index contributed by atoms with van der Waals surface area (Å²) in [7, 11) is 0. The fraction of sp³-hybridized carbons (Fsp3) is 0.941. The maximum atomic E-state index is 13.7. The van der Waals surface area contributed by atoms with E-state index in [-0.39, 0.29) is 57.6 Å². The van der Waals surface area contributed by atoms with Gasteiger partial charge in [-0.1, -0.05) is 104 Å². The lowest BCUT2D eigenvalue weighted by Crippen LogP contribution is -2.47. The van der Waals surface area contributed by atoms with Gasteiger partial charge in [0.1, 0.15) is 6.10 Å². The Balaban J connectivity index is 5.55. The van der Waals surface area contributed by atoms with Gasteiger partial charge < -0.3 is 9.47 Å². The number of carbonyl (C=O) groups is 2. The SMILES string of the molecule is CC(CCC(C)C(OC(=O)C(C)(CC(C)(C)C)C(C)(C)C)C(C)C)OC(=O)C(C)(CC(C)(C)C)C(C)(C)C. The molecule has 0 heterocycles. The highest BCUT2D eigenvalue weighted by molar-refractivity contribution is 5.78. The van der Waals surface area contributed by atoms with Gasteiger partial charge in [-0.15, -0.1) is 0 Å². The molecule has 0 rings (SSSR count). The highest BCUT2D eigenvalue weighted by Crippen LogP contribution is 2.49. The average Bonchev–Trinajstić information content (AvgIpc) is 2.65. The van der Waals surface area contributed by atoms with Crippen LogP contribution in [0.4, 0.5) is 0 Å². The maximum absolute atomic E-state index is 13.7. The molecule has 0 radical (unpaired) electrons. The van der Waals surface area contributed by atoms with Crippen molar-refractivity contribution in [1.82, 2.24) is 0 Å². The van der Waals surface area contributed by atoms with E-state index in [9.17, 15) is 9.59 Å². The zero-order chi connectivity index (χ0) is 30.7. The van der Waals surface area contributed by atoms with Crippen LogP contribution in [0.15, 0.2) is 0 Å². The maximum Gasteiger partial charge on any atom is 0.312 e. The molecule has 5 unspecified atom stereocenters. The zero-order valence-electron chi connectivity index (χ0n) is 28.8. The van der Waals surface area contributed by atoms with Gasteiger partial charge in [0.15, 0.2) is 0 Å². The number of rotatable bonds is 11. The lowest BCUT2D eigenvalue weighted by atomic mass is 9.61. The van der Waals surface area contributed by atoms with E-state index >= 15 is 0 Å². The summed E-state index contributed by atoms with van der Waals surface area (Å²) in [5.41, 5.74) is -1.59. The Bertz CT molecular complexity index is 768. The van der Waals surface area contributed by atoms with E-state index in [2.05, 4.69) is 111 Å². The second-order valence-corrected chi connectivity index (χ2v) is 17.5. The first-order chi connectivity index (χ1) is 16.6. The van der Waals surface area contributed by atoms with Crippen LogP contribution < -0.4 is 0 Å². The minimum Gasteiger partial charge on any atom is -0.462 e. The van der Waals surface area contributed by atoms with Gasteiger partial charge in [-0.05, 0) is 80.0 Å². The van der Waals surface area contributed by atoms with Crippen molar-refractivity contribution in [3.05, 3.63) is 0 Å². The van der Waals surface area contributed by atoms with Crippen LogP contribution in [-0.2, 0) is 19.1 Å². The van der Waals surface area contributed by atoms with Crippen molar-refractivity contribution in [3.63, 3.8) is 0 Å². The Hall–Kier alpha value is -1.06. The van der Waals surface area contributed by atoms with Gasteiger partial charge in [-0.25, -0.2) is 0 Å². The first-order valence-corrected chi connectivity index (χ1v) is 15.0. The monoisotopic (exact) mass is 538 g/mol. The Morgan fingerprint density at radius 2 is 0.895 bits per heavy atom. The Labute approximate surface area is 237 Å². The van der Waals surface area contributed by atoms with Crippen molar-refractivity contribution in [2.45, 2.75) is 163 Å². The summed E-state index contributed by atoms with van der Waals surface area (Å²) in [6, 6.07) is 0. The number of hydrogen-bond donors (Lipinski definition) is 0. The molecule has 0 saturated heterocycles. The van der Waals surface area contributed by atoms with E-state index in [1.54, 1.807) is 0 Å². The minimum atomic E-state index is -0.592. The highest BCUT2D eigenvalue weighted by Gasteiger charge is 2.49. The summed E-state index contributed by atoms with van der Waals surface area (Å²) in [5.74, 6) is 0.132.